The van der Waals surface area contributed by atoms with E-state index in [1.807, 2.05) is 13.1 Å². The van der Waals surface area contributed by atoms with Crippen molar-refractivity contribution in [2.24, 2.45) is 10.8 Å². The highest BCUT2D eigenvalue weighted by Crippen LogP contribution is 2.31. The van der Waals surface area contributed by atoms with Crippen molar-refractivity contribution in [3.63, 3.8) is 0 Å². The SMILES string of the molecule is CCC(C)(C)COCC(C)(C)CN(C)CC=CC(=O)Nc1ccc(OC)c(Nc2cc(Nc3ccc(F)c(Cl)c3)ncn2)c1. The number of aromatic nitrogens is 2. The Hall–Kier alpha value is -3.73. The van der Waals surface area contributed by atoms with E-state index in [-0.39, 0.29) is 21.8 Å². The van der Waals surface area contributed by atoms with Crippen molar-refractivity contribution in [2.75, 3.05) is 56.4 Å². The molecule has 0 spiro atoms. The van der Waals surface area contributed by atoms with Crippen LogP contribution in [0.25, 0.3) is 0 Å². The number of ether oxygens (including phenoxy) is 2. The van der Waals surface area contributed by atoms with Crippen molar-refractivity contribution in [3.8, 4) is 5.75 Å². The topological polar surface area (TPSA) is 101 Å². The number of nitrogens with one attached hydrogen (secondary N) is 3. The molecule has 9 nitrogen and oxygen atoms in total. The Kier molecular flexibility index (Phi) is 12.5. The van der Waals surface area contributed by atoms with Gasteiger partial charge in [0.15, 0.2) is 0 Å². The van der Waals surface area contributed by atoms with Gasteiger partial charge in [-0.3, -0.25) is 4.79 Å². The number of carbonyl (C=O) groups is 1. The van der Waals surface area contributed by atoms with Crippen LogP contribution in [0.5, 0.6) is 5.75 Å². The molecule has 0 aliphatic carbocycles. The van der Waals surface area contributed by atoms with Crippen molar-refractivity contribution in [2.45, 2.75) is 41.0 Å². The molecule has 3 N–H and O–H groups in total. The highest BCUT2D eigenvalue weighted by atomic mass is 35.5. The fourth-order valence-corrected chi connectivity index (χ4v) is 4.49. The molecule has 0 saturated carbocycles. The van der Waals surface area contributed by atoms with Gasteiger partial charge in [-0.1, -0.05) is 52.3 Å². The van der Waals surface area contributed by atoms with Gasteiger partial charge < -0.3 is 30.3 Å². The number of carbonyl (C=O) groups excluding carboxylic acids is 1. The number of methoxy groups -OCH3 is 1. The van der Waals surface area contributed by atoms with Gasteiger partial charge in [-0.15, -0.1) is 0 Å². The van der Waals surface area contributed by atoms with Crippen molar-refractivity contribution < 1.29 is 18.7 Å². The second-order valence-electron chi connectivity index (χ2n) is 12.3. The number of anilines is 5. The molecular weight excluding hydrogens is 583 g/mol. The Morgan fingerprint density at radius 3 is 2.36 bits per heavy atom. The summed E-state index contributed by atoms with van der Waals surface area (Å²) in [4.78, 5) is 23.3. The highest BCUT2D eigenvalue weighted by Gasteiger charge is 2.22. The van der Waals surface area contributed by atoms with E-state index in [0.29, 0.717) is 47.6 Å². The smallest absolute Gasteiger partial charge is 0.248 e. The van der Waals surface area contributed by atoms with Gasteiger partial charge in [0, 0.05) is 42.0 Å². The number of amides is 1. The van der Waals surface area contributed by atoms with E-state index in [2.05, 4.69) is 65.4 Å². The zero-order valence-corrected chi connectivity index (χ0v) is 27.4. The van der Waals surface area contributed by atoms with Crippen molar-refractivity contribution in [1.29, 1.82) is 0 Å². The first kappa shape index (κ1) is 34.8. The van der Waals surface area contributed by atoms with E-state index in [1.54, 1.807) is 37.4 Å². The minimum atomic E-state index is -0.503. The van der Waals surface area contributed by atoms with Gasteiger partial charge in [-0.2, -0.15) is 0 Å². The number of hydrogen-bond acceptors (Lipinski definition) is 8. The van der Waals surface area contributed by atoms with Crippen LogP contribution in [0.3, 0.4) is 0 Å². The highest BCUT2D eigenvalue weighted by molar-refractivity contribution is 6.31. The first-order valence-electron chi connectivity index (χ1n) is 14.5. The second kappa shape index (κ2) is 15.8. The number of rotatable bonds is 16. The van der Waals surface area contributed by atoms with Gasteiger partial charge >= 0.3 is 0 Å². The fourth-order valence-electron chi connectivity index (χ4n) is 4.31. The summed E-state index contributed by atoms with van der Waals surface area (Å²) >= 11 is 5.88. The van der Waals surface area contributed by atoms with Crippen LogP contribution in [0.15, 0.2) is 60.9 Å². The maximum absolute atomic E-state index is 13.5. The number of halogens is 2. The average Bonchev–Trinajstić information content (AvgIpc) is 2.95. The molecule has 238 valence electrons. The molecule has 0 saturated heterocycles. The predicted octanol–water partition coefficient (Wildman–Crippen LogP) is 7.67. The third-order valence-corrected chi connectivity index (χ3v) is 7.21. The molecule has 0 aliphatic heterocycles. The molecule has 1 heterocycles. The largest absolute Gasteiger partial charge is 0.495 e. The Balaban J connectivity index is 1.56. The zero-order valence-electron chi connectivity index (χ0n) is 26.6. The molecule has 1 aromatic heterocycles. The van der Waals surface area contributed by atoms with Crippen LogP contribution >= 0.6 is 11.6 Å². The molecule has 0 bridgehead atoms. The third-order valence-electron chi connectivity index (χ3n) is 6.92. The Morgan fingerprint density at radius 2 is 1.68 bits per heavy atom. The van der Waals surface area contributed by atoms with Gasteiger partial charge in [-0.05, 0) is 55.3 Å². The van der Waals surface area contributed by atoms with Gasteiger partial charge in [0.1, 0.15) is 29.5 Å². The van der Waals surface area contributed by atoms with Crippen molar-refractivity contribution >= 4 is 46.2 Å². The maximum Gasteiger partial charge on any atom is 0.248 e. The van der Waals surface area contributed by atoms with Crippen LogP contribution in [0.1, 0.15) is 41.0 Å². The Morgan fingerprint density at radius 1 is 1.00 bits per heavy atom. The molecule has 0 fully saturated rings. The van der Waals surface area contributed by atoms with Gasteiger partial charge in [0.05, 0.1) is 31.0 Å². The van der Waals surface area contributed by atoms with Crippen molar-refractivity contribution in [1.82, 2.24) is 14.9 Å². The zero-order chi connectivity index (χ0) is 32.3. The number of likely N-dealkylation sites (N-methyl/N-ethyl adjacent to an activating group) is 1. The predicted molar refractivity (Wildman–Crippen MR) is 177 cm³/mol. The molecule has 11 heteroatoms. The summed E-state index contributed by atoms with van der Waals surface area (Å²) in [5.41, 5.74) is 1.91. The summed E-state index contributed by atoms with van der Waals surface area (Å²) in [7, 11) is 3.59. The van der Waals surface area contributed by atoms with Crippen LogP contribution in [0.4, 0.5) is 33.1 Å². The summed E-state index contributed by atoms with van der Waals surface area (Å²) in [6.07, 6.45) is 5.84. The minimum absolute atomic E-state index is 0.00402. The van der Waals surface area contributed by atoms with Crippen LogP contribution < -0.4 is 20.7 Å². The molecule has 0 atom stereocenters. The molecule has 3 aromatic rings. The van der Waals surface area contributed by atoms with E-state index in [4.69, 9.17) is 21.1 Å². The quantitative estimate of drug-likeness (QED) is 0.139. The number of hydrogen-bond donors (Lipinski definition) is 3. The van der Waals surface area contributed by atoms with Gasteiger partial charge in [0.2, 0.25) is 5.91 Å². The summed E-state index contributed by atoms with van der Waals surface area (Å²) in [5, 5.41) is 9.17. The molecule has 44 heavy (non-hydrogen) atoms. The van der Waals surface area contributed by atoms with Crippen LogP contribution in [0, 0.1) is 16.6 Å². The molecule has 0 radical (unpaired) electrons. The molecular formula is C33H44ClFN6O3. The van der Waals surface area contributed by atoms with Gasteiger partial charge in [0.25, 0.3) is 0 Å². The number of nitrogens with zero attached hydrogens (tertiary/aromatic N) is 3. The molecule has 2 aromatic carbocycles. The molecule has 1 amide bonds. The second-order valence-corrected chi connectivity index (χ2v) is 12.8. The lowest BCUT2D eigenvalue weighted by Crippen LogP contribution is -2.36. The third kappa shape index (κ3) is 11.4. The minimum Gasteiger partial charge on any atom is -0.495 e. The first-order chi connectivity index (χ1) is 20.8. The van der Waals surface area contributed by atoms with Crippen LogP contribution in [0.2, 0.25) is 5.02 Å². The summed E-state index contributed by atoms with van der Waals surface area (Å²) in [6.45, 7) is 13.9. The summed E-state index contributed by atoms with van der Waals surface area (Å²) < 4.78 is 25.0. The van der Waals surface area contributed by atoms with E-state index < -0.39 is 5.82 Å². The molecule has 3 rings (SSSR count). The van der Waals surface area contributed by atoms with Gasteiger partial charge in [-0.25, -0.2) is 14.4 Å². The van der Waals surface area contributed by atoms with E-state index in [0.717, 1.165) is 19.6 Å². The number of benzene rings is 2. The monoisotopic (exact) mass is 626 g/mol. The average molecular weight is 627 g/mol. The molecule has 0 aliphatic rings. The standard InChI is InChI=1S/C33H44ClFN6O3/c1-8-32(2,3)20-44-21-33(4,5)19-41(6)15-9-10-31(42)39-24-12-14-28(43-7)27(17-24)40-30-18-29(36-22-37-30)38-23-11-13-26(35)25(34)16-23/h9-14,16-18,22H,8,15,19-21H2,1-7H3,(H,39,42)(H2,36,37,38,40). The normalized spacial score (nSPS) is 12.0. The Bertz CT molecular complexity index is 1430. The van der Waals surface area contributed by atoms with Crippen LogP contribution in [-0.4, -0.2) is 61.2 Å². The lowest BCUT2D eigenvalue weighted by molar-refractivity contribution is -0.111. The van der Waals surface area contributed by atoms with Crippen molar-refractivity contribution in [3.05, 3.63) is 71.8 Å². The Labute approximate surface area is 265 Å². The first-order valence-corrected chi connectivity index (χ1v) is 14.9. The van der Waals surface area contributed by atoms with Crippen LogP contribution in [-0.2, 0) is 9.53 Å². The van der Waals surface area contributed by atoms with E-state index >= 15 is 0 Å². The summed E-state index contributed by atoms with van der Waals surface area (Å²) in [6, 6.07) is 11.3. The fraction of sp³-hybridized carbons (Fsp3) is 0.424. The lowest BCUT2D eigenvalue weighted by Gasteiger charge is -2.31. The lowest BCUT2D eigenvalue weighted by atomic mass is 9.91. The van der Waals surface area contributed by atoms with E-state index in [9.17, 15) is 9.18 Å². The maximum atomic E-state index is 13.5. The van der Waals surface area contributed by atoms with E-state index in [1.165, 1.54) is 24.5 Å². The molecule has 0 unspecified atom stereocenters. The summed E-state index contributed by atoms with van der Waals surface area (Å²) in [5.74, 6) is 0.758.